The summed E-state index contributed by atoms with van der Waals surface area (Å²) in [4.78, 5) is 2.32. The third-order valence-corrected chi connectivity index (χ3v) is 6.91. The molecule has 3 fully saturated rings. The monoisotopic (exact) mass is 386 g/mol. The Labute approximate surface area is 143 Å². The summed E-state index contributed by atoms with van der Waals surface area (Å²) in [5.41, 5.74) is 1.32. The molecule has 3 aliphatic heterocycles. The van der Waals surface area contributed by atoms with Gasteiger partial charge in [0.25, 0.3) is 0 Å². The summed E-state index contributed by atoms with van der Waals surface area (Å²) in [6, 6.07) is 8.32. The van der Waals surface area contributed by atoms with E-state index in [-0.39, 0.29) is 11.6 Å². The van der Waals surface area contributed by atoms with Gasteiger partial charge in [-0.05, 0) is 0 Å². The summed E-state index contributed by atoms with van der Waals surface area (Å²) in [6.07, 6.45) is 0.0281. The van der Waals surface area contributed by atoms with Gasteiger partial charge in [-0.1, -0.05) is 0 Å². The van der Waals surface area contributed by atoms with Crippen LogP contribution in [-0.4, -0.2) is 71.3 Å². The normalized spacial score (nSPS) is 25.3. The maximum Gasteiger partial charge on any atom is -0.412 e. The first-order chi connectivity index (χ1) is 10.7. The van der Waals surface area contributed by atoms with Gasteiger partial charge >= 0.3 is 137 Å². The fraction of sp³-hybridized carbons (Fsp3) is 0.625. The van der Waals surface area contributed by atoms with E-state index in [2.05, 4.69) is 30.9 Å². The van der Waals surface area contributed by atoms with Crippen molar-refractivity contribution in [1.82, 2.24) is 4.90 Å². The molecule has 3 saturated heterocycles. The van der Waals surface area contributed by atoms with Crippen molar-refractivity contribution in [3.63, 3.8) is 0 Å². The van der Waals surface area contributed by atoms with E-state index in [0.29, 0.717) is 12.5 Å². The van der Waals surface area contributed by atoms with Crippen molar-refractivity contribution in [3.8, 4) is 5.75 Å². The molecule has 1 atom stereocenters. The number of hydrogen-bond donors (Lipinski definition) is 0. The third kappa shape index (κ3) is 5.44. The van der Waals surface area contributed by atoms with Crippen molar-refractivity contribution in [3.05, 3.63) is 29.8 Å². The van der Waals surface area contributed by atoms with Crippen molar-refractivity contribution < 1.29 is 21.5 Å². The zero-order valence-corrected chi connectivity index (χ0v) is 15.9. The number of hydrogen-bond acceptors (Lipinski definition) is 5. The summed E-state index contributed by atoms with van der Waals surface area (Å²) in [5, 5.41) is 0. The standard InChI is InChI=1S/C16H24GeNO4.H2O/c1-13(2)14-3-5-15(6-4-14)19-12-16-11-18-7-9-20-17(22-16)21-10-8-18;/h3-6,13,16H,7-12H2,1-2H3;1H2. The molecule has 0 saturated carbocycles. The second kappa shape index (κ2) is 9.01. The van der Waals surface area contributed by atoms with Gasteiger partial charge in [0.1, 0.15) is 0 Å². The van der Waals surface area contributed by atoms with Crippen LogP contribution in [0.15, 0.2) is 24.3 Å². The Hall–Kier alpha value is -0.637. The van der Waals surface area contributed by atoms with Crippen LogP contribution in [0.4, 0.5) is 0 Å². The molecule has 1 unspecified atom stereocenters. The smallest absolute Gasteiger partial charge is 0.412 e. The quantitative estimate of drug-likeness (QED) is 0.727. The van der Waals surface area contributed by atoms with Crippen LogP contribution in [0.5, 0.6) is 5.75 Å². The topological polar surface area (TPSA) is 71.7 Å². The molecular weight excluding hydrogens is 359 g/mol. The summed E-state index contributed by atoms with van der Waals surface area (Å²) in [5.74, 6) is 1.43. The van der Waals surface area contributed by atoms with Crippen molar-refractivity contribution >= 4 is 15.4 Å². The minimum atomic E-state index is -2.26. The number of benzene rings is 1. The van der Waals surface area contributed by atoms with E-state index in [0.717, 1.165) is 38.6 Å². The van der Waals surface area contributed by atoms with Gasteiger partial charge in [-0.25, -0.2) is 0 Å². The first kappa shape index (κ1) is 18.7. The minimum absolute atomic E-state index is 0. The maximum atomic E-state index is 6.00. The van der Waals surface area contributed by atoms with E-state index >= 15 is 0 Å². The summed E-state index contributed by atoms with van der Waals surface area (Å²) in [7, 11) is 0. The molecule has 0 amide bonds. The van der Waals surface area contributed by atoms with E-state index < -0.39 is 15.4 Å². The molecule has 3 aliphatic rings. The fourth-order valence-corrected chi connectivity index (χ4v) is 5.02. The predicted molar refractivity (Wildman–Crippen MR) is 88.6 cm³/mol. The average Bonchev–Trinajstić information content (AvgIpc) is 2.44. The van der Waals surface area contributed by atoms with E-state index in [1.807, 2.05) is 12.1 Å². The largest absolute Gasteiger partial charge is 0.412 e. The van der Waals surface area contributed by atoms with Gasteiger partial charge in [-0.3, -0.25) is 0 Å². The van der Waals surface area contributed by atoms with Gasteiger partial charge in [0.15, 0.2) is 0 Å². The van der Waals surface area contributed by atoms with Crippen molar-refractivity contribution in [1.29, 1.82) is 0 Å². The van der Waals surface area contributed by atoms with Crippen LogP contribution in [0.25, 0.3) is 0 Å². The van der Waals surface area contributed by atoms with Crippen LogP contribution >= 0.6 is 0 Å². The Balaban J connectivity index is 0.00000192. The Morgan fingerprint density at radius 3 is 2.43 bits per heavy atom. The number of ether oxygens (including phenoxy) is 1. The molecule has 1 radical (unpaired) electrons. The zero-order valence-electron chi connectivity index (χ0n) is 13.8. The predicted octanol–water partition coefficient (Wildman–Crippen LogP) is 1.10. The second-order valence-electron chi connectivity index (χ2n) is 6.02. The Kier molecular flexibility index (Phi) is 7.32. The van der Waals surface area contributed by atoms with Gasteiger partial charge < -0.3 is 5.48 Å². The zero-order chi connectivity index (χ0) is 15.4. The molecule has 0 aromatic heterocycles. The number of rotatable bonds is 4. The van der Waals surface area contributed by atoms with Crippen LogP contribution in [0.2, 0.25) is 0 Å². The van der Waals surface area contributed by atoms with Crippen LogP contribution in [-0.2, 0) is 11.3 Å². The first-order valence-electron chi connectivity index (χ1n) is 7.95. The molecule has 129 valence electrons. The third-order valence-electron chi connectivity index (χ3n) is 3.96. The number of fused-ring (bicyclic) bond motifs is 6. The molecule has 6 nitrogen and oxygen atoms in total. The van der Waals surface area contributed by atoms with Crippen LogP contribution in [0, 0.1) is 0 Å². The Bertz CT molecular complexity index is 446. The SMILES string of the molecule is CC(C)c1ccc(OCC2CN3CC[O][Ge]([O]CC3)[O]2)cc1.O. The van der Waals surface area contributed by atoms with Crippen molar-refractivity contribution in [2.24, 2.45) is 0 Å². The maximum absolute atomic E-state index is 6.00. The van der Waals surface area contributed by atoms with E-state index in [4.69, 9.17) is 16.0 Å². The molecule has 0 aliphatic carbocycles. The first-order valence-corrected chi connectivity index (χ1v) is 10.5. The van der Waals surface area contributed by atoms with Gasteiger partial charge in [-0.15, -0.1) is 0 Å². The van der Waals surface area contributed by atoms with E-state index in [1.165, 1.54) is 5.56 Å². The molecule has 23 heavy (non-hydrogen) atoms. The molecule has 0 spiro atoms. The van der Waals surface area contributed by atoms with Crippen LogP contribution in [0.3, 0.4) is 0 Å². The van der Waals surface area contributed by atoms with Crippen molar-refractivity contribution in [2.45, 2.75) is 25.9 Å². The molecular formula is C16H26GeNO5. The summed E-state index contributed by atoms with van der Waals surface area (Å²) < 4.78 is 23.3. The number of nitrogens with zero attached hydrogens (tertiary/aromatic N) is 1. The van der Waals surface area contributed by atoms with Crippen LogP contribution < -0.4 is 4.74 Å². The average molecular weight is 385 g/mol. The molecule has 1 aromatic carbocycles. The van der Waals surface area contributed by atoms with Gasteiger partial charge in [0, 0.05) is 0 Å². The molecule has 2 N–H and O–H groups in total. The molecule has 1 aromatic rings. The van der Waals surface area contributed by atoms with Crippen molar-refractivity contribution in [2.75, 3.05) is 39.5 Å². The Morgan fingerprint density at radius 1 is 1.17 bits per heavy atom. The van der Waals surface area contributed by atoms with Crippen LogP contribution in [0.1, 0.15) is 25.3 Å². The van der Waals surface area contributed by atoms with Gasteiger partial charge in [0.2, 0.25) is 0 Å². The fourth-order valence-electron chi connectivity index (χ4n) is 2.61. The van der Waals surface area contributed by atoms with Gasteiger partial charge in [-0.2, -0.15) is 0 Å². The molecule has 3 heterocycles. The molecule has 7 heteroatoms. The summed E-state index contributed by atoms with van der Waals surface area (Å²) in [6.45, 7) is 9.19. The molecule has 2 bridgehead atoms. The molecule has 4 rings (SSSR count). The Morgan fingerprint density at radius 2 is 1.83 bits per heavy atom. The van der Waals surface area contributed by atoms with Gasteiger partial charge in [0.05, 0.1) is 0 Å². The minimum Gasteiger partial charge on any atom is -0.412 e. The van der Waals surface area contributed by atoms with E-state index in [1.54, 1.807) is 0 Å². The van der Waals surface area contributed by atoms with E-state index in [9.17, 15) is 0 Å². The summed E-state index contributed by atoms with van der Waals surface area (Å²) >= 11 is -2.26. The second-order valence-corrected chi connectivity index (χ2v) is 8.78.